The number of pyridine rings is 1. The number of fused-ring (bicyclic) bond motifs is 1. The van der Waals surface area contributed by atoms with Gasteiger partial charge in [0.1, 0.15) is 6.54 Å². The lowest BCUT2D eigenvalue weighted by atomic mass is 10.2. The van der Waals surface area contributed by atoms with E-state index in [9.17, 15) is 19.7 Å². The van der Waals surface area contributed by atoms with Gasteiger partial charge < -0.3 is 14.8 Å². The molecule has 0 aliphatic heterocycles. The normalized spacial score (nSPS) is 10.5. The summed E-state index contributed by atoms with van der Waals surface area (Å²) in [5, 5.41) is 13.8. The van der Waals surface area contributed by atoms with Gasteiger partial charge in [-0.1, -0.05) is 0 Å². The summed E-state index contributed by atoms with van der Waals surface area (Å²) in [6.07, 6.45) is 1.52. The first kappa shape index (κ1) is 19.6. The number of benzene rings is 1. The predicted octanol–water partition coefficient (Wildman–Crippen LogP) is 1.01. The number of hydrogen-bond donors (Lipinski definition) is 1. The van der Waals surface area contributed by atoms with Crippen LogP contribution in [0.1, 0.15) is 0 Å². The van der Waals surface area contributed by atoms with Gasteiger partial charge >= 0.3 is 0 Å². The standard InChI is InChI=1S/C15H18N4O4.ClH/c1-17(2)8-6-16-15(21)10-18-7-5-14(20)12-9-11(19(22)23)3-4-13(12)18;/h3-5,7,9H,6,8,10H2,1-2H3,(H,16,21);1H. The number of carbonyl (C=O) groups is 1. The largest absolute Gasteiger partial charge is 0.353 e. The number of hydrogen-bond acceptors (Lipinski definition) is 5. The van der Waals surface area contributed by atoms with E-state index in [0.717, 1.165) is 6.54 Å². The number of nitro groups is 1. The van der Waals surface area contributed by atoms with Crippen LogP contribution in [-0.2, 0) is 11.3 Å². The van der Waals surface area contributed by atoms with Crippen molar-refractivity contribution in [3.63, 3.8) is 0 Å². The minimum Gasteiger partial charge on any atom is -0.353 e. The van der Waals surface area contributed by atoms with E-state index in [1.165, 1.54) is 30.5 Å². The Labute approximate surface area is 144 Å². The maximum absolute atomic E-state index is 12.0. The van der Waals surface area contributed by atoms with Crippen molar-refractivity contribution < 1.29 is 9.72 Å². The number of nitrogens with one attached hydrogen (secondary N) is 1. The number of non-ortho nitro benzene ring substituents is 1. The Balaban J connectivity index is 0.00000288. The summed E-state index contributed by atoms with van der Waals surface area (Å²) >= 11 is 0. The Kier molecular flexibility index (Phi) is 6.87. The fourth-order valence-electron chi connectivity index (χ4n) is 2.18. The summed E-state index contributed by atoms with van der Waals surface area (Å²) in [6, 6.07) is 5.35. The first-order valence-corrected chi connectivity index (χ1v) is 7.07. The molecule has 9 heteroatoms. The van der Waals surface area contributed by atoms with Crippen molar-refractivity contribution >= 4 is 34.9 Å². The Bertz CT molecular complexity index is 804. The molecular formula is C15H19ClN4O4. The highest BCUT2D eigenvalue weighted by atomic mass is 35.5. The number of nitro benzene ring substituents is 1. The SMILES string of the molecule is CN(C)CCNC(=O)Cn1ccc(=O)c2cc([N+](=O)[O-])ccc21.Cl. The van der Waals surface area contributed by atoms with Gasteiger partial charge in [0.15, 0.2) is 5.43 Å². The number of rotatable bonds is 6. The number of carbonyl (C=O) groups excluding carboxylic acids is 1. The fourth-order valence-corrected chi connectivity index (χ4v) is 2.18. The Morgan fingerprint density at radius 2 is 2.04 bits per heavy atom. The monoisotopic (exact) mass is 354 g/mol. The molecule has 1 N–H and O–H groups in total. The van der Waals surface area contributed by atoms with E-state index in [1.807, 2.05) is 19.0 Å². The number of nitrogens with zero attached hydrogens (tertiary/aromatic N) is 3. The number of aromatic nitrogens is 1. The Hall–Kier alpha value is -2.45. The molecule has 1 amide bonds. The first-order valence-electron chi connectivity index (χ1n) is 7.07. The highest BCUT2D eigenvalue weighted by Gasteiger charge is 2.11. The third kappa shape index (κ3) is 4.77. The summed E-state index contributed by atoms with van der Waals surface area (Å²) in [5.41, 5.74) is 0.0293. The van der Waals surface area contributed by atoms with Crippen LogP contribution < -0.4 is 10.7 Å². The molecule has 1 aromatic carbocycles. The van der Waals surface area contributed by atoms with E-state index in [4.69, 9.17) is 0 Å². The molecule has 0 bridgehead atoms. The lowest BCUT2D eigenvalue weighted by molar-refractivity contribution is -0.384. The van der Waals surface area contributed by atoms with Gasteiger partial charge in [-0.2, -0.15) is 0 Å². The maximum atomic E-state index is 12.0. The van der Waals surface area contributed by atoms with Crippen LogP contribution >= 0.6 is 12.4 Å². The minimum atomic E-state index is -0.551. The van der Waals surface area contributed by atoms with Crippen molar-refractivity contribution in [3.05, 3.63) is 50.8 Å². The minimum absolute atomic E-state index is 0. The molecule has 8 nitrogen and oxygen atoms in total. The molecule has 0 radical (unpaired) electrons. The molecule has 0 unspecified atom stereocenters. The summed E-state index contributed by atoms with van der Waals surface area (Å²) < 4.78 is 1.60. The molecule has 2 aromatic rings. The summed E-state index contributed by atoms with van der Waals surface area (Å²) in [7, 11) is 3.82. The van der Waals surface area contributed by atoms with Gasteiger partial charge in [0.05, 0.1) is 15.8 Å². The molecule has 0 spiro atoms. The molecule has 1 aromatic heterocycles. The molecule has 0 saturated heterocycles. The average Bonchev–Trinajstić information content (AvgIpc) is 2.49. The van der Waals surface area contributed by atoms with Gasteiger partial charge in [-0.25, -0.2) is 0 Å². The second kappa shape index (κ2) is 8.42. The smallest absolute Gasteiger partial charge is 0.270 e. The quantitative estimate of drug-likeness (QED) is 0.616. The van der Waals surface area contributed by atoms with Gasteiger partial charge in [0, 0.05) is 37.5 Å². The van der Waals surface area contributed by atoms with Crippen molar-refractivity contribution in [2.75, 3.05) is 27.2 Å². The van der Waals surface area contributed by atoms with Crippen LogP contribution in [0.3, 0.4) is 0 Å². The summed E-state index contributed by atoms with van der Waals surface area (Å²) in [5.74, 6) is -0.185. The van der Waals surface area contributed by atoms with Crippen molar-refractivity contribution in [2.45, 2.75) is 6.54 Å². The molecule has 0 aliphatic carbocycles. The second-order valence-electron chi connectivity index (χ2n) is 5.42. The molecule has 0 aliphatic rings. The van der Waals surface area contributed by atoms with E-state index in [0.29, 0.717) is 12.1 Å². The van der Waals surface area contributed by atoms with Crippen LogP contribution in [-0.4, -0.2) is 47.5 Å². The van der Waals surface area contributed by atoms with E-state index in [2.05, 4.69) is 5.32 Å². The fraction of sp³-hybridized carbons (Fsp3) is 0.333. The maximum Gasteiger partial charge on any atom is 0.270 e. The zero-order valence-electron chi connectivity index (χ0n) is 13.4. The topological polar surface area (TPSA) is 97.5 Å². The van der Waals surface area contributed by atoms with Crippen LogP contribution in [0.4, 0.5) is 5.69 Å². The molecule has 2 rings (SSSR count). The highest BCUT2D eigenvalue weighted by Crippen LogP contribution is 2.18. The molecule has 130 valence electrons. The van der Waals surface area contributed by atoms with E-state index in [-0.39, 0.29) is 41.4 Å². The molecule has 0 atom stereocenters. The van der Waals surface area contributed by atoms with Crippen molar-refractivity contribution in [2.24, 2.45) is 0 Å². The second-order valence-corrected chi connectivity index (χ2v) is 5.42. The lowest BCUT2D eigenvalue weighted by Gasteiger charge is -2.13. The number of halogens is 1. The van der Waals surface area contributed by atoms with E-state index < -0.39 is 4.92 Å². The zero-order valence-corrected chi connectivity index (χ0v) is 14.2. The Morgan fingerprint density at radius 1 is 1.33 bits per heavy atom. The van der Waals surface area contributed by atoms with Gasteiger partial charge in [-0.15, -0.1) is 12.4 Å². The molecule has 0 saturated carbocycles. The third-order valence-corrected chi connectivity index (χ3v) is 3.37. The molecule has 1 heterocycles. The van der Waals surface area contributed by atoms with Crippen LogP contribution in [0, 0.1) is 10.1 Å². The zero-order chi connectivity index (χ0) is 17.0. The van der Waals surface area contributed by atoms with Gasteiger partial charge in [0.25, 0.3) is 5.69 Å². The molecule has 24 heavy (non-hydrogen) atoms. The van der Waals surface area contributed by atoms with Gasteiger partial charge in [-0.05, 0) is 20.2 Å². The average molecular weight is 355 g/mol. The van der Waals surface area contributed by atoms with Crippen LogP contribution in [0.25, 0.3) is 10.9 Å². The van der Waals surface area contributed by atoms with Crippen LogP contribution in [0.15, 0.2) is 35.3 Å². The van der Waals surface area contributed by atoms with E-state index >= 15 is 0 Å². The molecular weight excluding hydrogens is 336 g/mol. The Morgan fingerprint density at radius 3 is 2.67 bits per heavy atom. The van der Waals surface area contributed by atoms with Gasteiger partial charge in [-0.3, -0.25) is 19.7 Å². The third-order valence-electron chi connectivity index (χ3n) is 3.37. The molecule has 0 fully saturated rings. The summed E-state index contributed by atoms with van der Waals surface area (Å²) in [4.78, 5) is 36.1. The van der Waals surface area contributed by atoms with Crippen LogP contribution in [0.2, 0.25) is 0 Å². The van der Waals surface area contributed by atoms with Gasteiger partial charge in [0.2, 0.25) is 5.91 Å². The van der Waals surface area contributed by atoms with Crippen molar-refractivity contribution in [1.82, 2.24) is 14.8 Å². The first-order chi connectivity index (χ1) is 10.9. The number of amides is 1. The predicted molar refractivity (Wildman–Crippen MR) is 93.7 cm³/mol. The van der Waals surface area contributed by atoms with Crippen LogP contribution in [0.5, 0.6) is 0 Å². The highest BCUT2D eigenvalue weighted by molar-refractivity contribution is 5.85. The number of likely N-dealkylation sites (N-methyl/N-ethyl adjacent to an activating group) is 1. The van der Waals surface area contributed by atoms with E-state index in [1.54, 1.807) is 4.57 Å². The lowest BCUT2D eigenvalue weighted by Crippen LogP contribution is -2.33. The van der Waals surface area contributed by atoms with Crippen molar-refractivity contribution in [3.8, 4) is 0 Å². The van der Waals surface area contributed by atoms with Crippen molar-refractivity contribution in [1.29, 1.82) is 0 Å². The summed E-state index contributed by atoms with van der Waals surface area (Å²) in [6.45, 7) is 1.29.